The van der Waals surface area contributed by atoms with Crippen LogP contribution in [0.4, 0.5) is 22.0 Å². The number of aryl methyl sites for hydroxylation is 1. The van der Waals surface area contributed by atoms with Gasteiger partial charge >= 0.3 is 0 Å². The van der Waals surface area contributed by atoms with Gasteiger partial charge in [-0.3, -0.25) is 4.39 Å². The van der Waals surface area contributed by atoms with Crippen LogP contribution in [0.3, 0.4) is 0 Å². The van der Waals surface area contributed by atoms with E-state index in [0.717, 1.165) is 6.42 Å². The van der Waals surface area contributed by atoms with E-state index < -0.39 is 36.0 Å². The molecule has 1 aliphatic carbocycles. The molecule has 2 atom stereocenters. The van der Waals surface area contributed by atoms with E-state index in [2.05, 4.69) is 0 Å². The van der Waals surface area contributed by atoms with Crippen molar-refractivity contribution in [2.45, 2.75) is 45.1 Å². The monoisotopic (exact) mass is 396 g/mol. The first kappa shape index (κ1) is 19.4. The summed E-state index contributed by atoms with van der Waals surface area (Å²) in [7, 11) is 0. The second-order valence-corrected chi connectivity index (χ2v) is 7.80. The predicted molar refractivity (Wildman–Crippen MR) is 95.9 cm³/mol. The van der Waals surface area contributed by atoms with E-state index in [4.69, 9.17) is 4.74 Å². The van der Waals surface area contributed by atoms with Crippen molar-refractivity contribution in [3.05, 3.63) is 57.7 Å². The van der Waals surface area contributed by atoms with Gasteiger partial charge in [-0.05, 0) is 60.8 Å². The predicted octanol–water partition coefficient (Wildman–Crippen LogP) is 6.20. The number of fused-ring (bicyclic) bond motifs is 3. The number of ether oxygens (including phenoxy) is 1. The van der Waals surface area contributed by atoms with Gasteiger partial charge in [-0.2, -0.15) is 0 Å². The third-order valence-electron chi connectivity index (χ3n) is 5.74. The van der Waals surface area contributed by atoms with Crippen LogP contribution in [-0.2, 0) is 17.6 Å². The number of benzene rings is 2. The van der Waals surface area contributed by atoms with Crippen LogP contribution in [0.25, 0.3) is 11.1 Å². The summed E-state index contributed by atoms with van der Waals surface area (Å²) in [6.45, 7) is 1.87. The quantitative estimate of drug-likeness (QED) is 0.477. The summed E-state index contributed by atoms with van der Waals surface area (Å²) in [6, 6.07) is 2.96. The van der Waals surface area contributed by atoms with Crippen LogP contribution in [0, 0.1) is 29.2 Å². The molecule has 1 heterocycles. The van der Waals surface area contributed by atoms with Crippen molar-refractivity contribution in [2.75, 3.05) is 13.3 Å². The van der Waals surface area contributed by atoms with Gasteiger partial charge in [0.2, 0.25) is 0 Å². The largest absolute Gasteiger partial charge is 0.373 e. The molecule has 28 heavy (non-hydrogen) atoms. The highest BCUT2D eigenvalue weighted by Crippen LogP contribution is 2.45. The van der Waals surface area contributed by atoms with Crippen molar-refractivity contribution >= 4 is 0 Å². The molecule has 2 aliphatic rings. The molecule has 4 rings (SSSR count). The van der Waals surface area contributed by atoms with Gasteiger partial charge in [-0.15, -0.1) is 0 Å². The fourth-order valence-electron chi connectivity index (χ4n) is 4.26. The lowest BCUT2D eigenvalue weighted by Crippen LogP contribution is -2.20. The molecule has 0 bridgehead atoms. The molecule has 2 aromatic carbocycles. The lowest BCUT2D eigenvalue weighted by Gasteiger charge is -2.28. The van der Waals surface area contributed by atoms with Gasteiger partial charge in [-0.25, -0.2) is 17.6 Å². The molecule has 1 saturated heterocycles. The summed E-state index contributed by atoms with van der Waals surface area (Å²) in [5.74, 6) is -4.18. The molecule has 1 nitrogen and oxygen atoms in total. The number of hydrogen-bond donors (Lipinski definition) is 0. The Kier molecular flexibility index (Phi) is 5.17. The molecule has 2 aromatic rings. The Hall–Kier alpha value is -1.95. The average Bonchev–Trinajstić information content (AvgIpc) is 3.05. The number of halogens is 5. The average molecular weight is 396 g/mol. The standard InChI is InChI=1S/C22H21F5O/c1-11-4-5-16(28-10-11)15-9-14-8-13-7-12(3-2-6-23)19(24)21(26)17(13)18(14)22(27)20(15)25/h7,9,11,16H,2-6,8,10H2,1H3. The second-order valence-electron chi connectivity index (χ2n) is 7.80. The Morgan fingerprint density at radius 1 is 0.929 bits per heavy atom. The van der Waals surface area contributed by atoms with Gasteiger partial charge in [0.25, 0.3) is 0 Å². The number of rotatable bonds is 4. The summed E-state index contributed by atoms with van der Waals surface area (Å²) >= 11 is 0. The van der Waals surface area contributed by atoms with Gasteiger partial charge in [0.15, 0.2) is 23.3 Å². The van der Waals surface area contributed by atoms with Crippen LogP contribution < -0.4 is 0 Å². The Balaban J connectivity index is 1.77. The van der Waals surface area contributed by atoms with Gasteiger partial charge in [0, 0.05) is 23.3 Å². The first-order chi connectivity index (χ1) is 13.4. The molecule has 0 saturated carbocycles. The van der Waals surface area contributed by atoms with Crippen LogP contribution in [0.5, 0.6) is 0 Å². The van der Waals surface area contributed by atoms with Crippen LogP contribution in [-0.4, -0.2) is 13.3 Å². The molecule has 0 N–H and O–H groups in total. The number of alkyl halides is 1. The highest BCUT2D eigenvalue weighted by atomic mass is 19.2. The summed E-state index contributed by atoms with van der Waals surface area (Å²) in [6.07, 6.45) is 1.20. The third kappa shape index (κ3) is 3.11. The molecule has 0 aromatic heterocycles. The highest BCUT2D eigenvalue weighted by Gasteiger charge is 2.34. The molecule has 0 amide bonds. The maximum Gasteiger partial charge on any atom is 0.167 e. The zero-order valence-corrected chi connectivity index (χ0v) is 15.6. The Morgan fingerprint density at radius 2 is 1.61 bits per heavy atom. The van der Waals surface area contributed by atoms with Crippen molar-refractivity contribution in [2.24, 2.45) is 5.92 Å². The lowest BCUT2D eigenvalue weighted by atomic mass is 9.92. The van der Waals surface area contributed by atoms with E-state index >= 15 is 0 Å². The summed E-state index contributed by atoms with van der Waals surface area (Å²) in [5, 5.41) is 0. The maximum atomic E-state index is 14.9. The van der Waals surface area contributed by atoms with Crippen LogP contribution >= 0.6 is 0 Å². The summed E-state index contributed by atoms with van der Waals surface area (Å²) < 4.78 is 76.9. The zero-order chi connectivity index (χ0) is 20.0. The van der Waals surface area contributed by atoms with Gasteiger partial charge in [0.05, 0.1) is 12.8 Å². The molecule has 6 heteroatoms. The third-order valence-corrected chi connectivity index (χ3v) is 5.74. The van der Waals surface area contributed by atoms with Gasteiger partial charge in [0.1, 0.15) is 0 Å². The summed E-state index contributed by atoms with van der Waals surface area (Å²) in [4.78, 5) is 0. The SMILES string of the molecule is CC1CCC(c2cc3c(c(F)c2F)-c2c(cc(CCCF)c(F)c2F)C3)OC1. The van der Waals surface area contributed by atoms with E-state index in [0.29, 0.717) is 30.1 Å². The van der Waals surface area contributed by atoms with Crippen LogP contribution in [0.1, 0.15) is 54.5 Å². The maximum absolute atomic E-state index is 14.9. The molecule has 0 spiro atoms. The van der Waals surface area contributed by atoms with E-state index in [1.54, 1.807) is 0 Å². The lowest BCUT2D eigenvalue weighted by molar-refractivity contribution is -0.0144. The molecular formula is C22H21F5O. The Morgan fingerprint density at radius 3 is 2.25 bits per heavy atom. The van der Waals surface area contributed by atoms with Gasteiger partial charge in [-0.1, -0.05) is 13.0 Å². The normalized spacial score (nSPS) is 20.9. The van der Waals surface area contributed by atoms with E-state index in [1.807, 2.05) is 6.92 Å². The fourth-order valence-corrected chi connectivity index (χ4v) is 4.26. The molecular weight excluding hydrogens is 375 g/mol. The molecule has 150 valence electrons. The van der Waals surface area contributed by atoms with E-state index in [-0.39, 0.29) is 41.5 Å². The molecule has 0 radical (unpaired) electrons. The minimum Gasteiger partial charge on any atom is -0.373 e. The smallest absolute Gasteiger partial charge is 0.167 e. The number of hydrogen-bond acceptors (Lipinski definition) is 1. The Labute approximate surface area is 160 Å². The van der Waals surface area contributed by atoms with E-state index in [1.165, 1.54) is 12.1 Å². The minimum atomic E-state index is -1.20. The van der Waals surface area contributed by atoms with Crippen molar-refractivity contribution < 1.29 is 26.7 Å². The fraction of sp³-hybridized carbons (Fsp3) is 0.455. The van der Waals surface area contributed by atoms with Crippen molar-refractivity contribution in [3.63, 3.8) is 0 Å². The Bertz CT molecular complexity index is 916. The molecule has 1 fully saturated rings. The molecule has 2 unspecified atom stereocenters. The zero-order valence-electron chi connectivity index (χ0n) is 15.6. The minimum absolute atomic E-state index is 0.0546. The van der Waals surface area contributed by atoms with Crippen LogP contribution in [0.2, 0.25) is 0 Å². The van der Waals surface area contributed by atoms with Crippen molar-refractivity contribution in [1.29, 1.82) is 0 Å². The first-order valence-corrected chi connectivity index (χ1v) is 9.60. The first-order valence-electron chi connectivity index (χ1n) is 9.60. The van der Waals surface area contributed by atoms with Crippen molar-refractivity contribution in [3.8, 4) is 11.1 Å². The highest BCUT2D eigenvalue weighted by molar-refractivity contribution is 5.79. The summed E-state index contributed by atoms with van der Waals surface area (Å²) in [5.41, 5.74) is 0.580. The van der Waals surface area contributed by atoms with E-state index in [9.17, 15) is 22.0 Å². The topological polar surface area (TPSA) is 9.23 Å². The second kappa shape index (κ2) is 7.47. The van der Waals surface area contributed by atoms with Gasteiger partial charge < -0.3 is 4.74 Å². The van der Waals surface area contributed by atoms with Crippen LogP contribution in [0.15, 0.2) is 12.1 Å². The molecule has 1 aliphatic heterocycles. The van der Waals surface area contributed by atoms with Crippen molar-refractivity contribution in [1.82, 2.24) is 0 Å².